The SMILES string of the molecule is CCCCCSCOCSCCCCC. The molecule has 0 spiro atoms. The number of rotatable bonds is 12. The van der Waals surface area contributed by atoms with Gasteiger partial charge in [0.05, 0.1) is 11.9 Å². The van der Waals surface area contributed by atoms with Crippen molar-refractivity contribution in [3.63, 3.8) is 0 Å². The van der Waals surface area contributed by atoms with Gasteiger partial charge in [-0.3, -0.25) is 0 Å². The minimum atomic E-state index is 0.879. The van der Waals surface area contributed by atoms with Gasteiger partial charge in [0.25, 0.3) is 0 Å². The lowest BCUT2D eigenvalue weighted by molar-refractivity contribution is 0.240. The molecule has 0 amide bonds. The molecule has 0 unspecified atom stereocenters. The highest BCUT2D eigenvalue weighted by Crippen LogP contribution is 2.10. The Morgan fingerprint density at radius 2 is 1.20 bits per heavy atom. The van der Waals surface area contributed by atoms with E-state index in [0.717, 1.165) is 11.9 Å². The smallest absolute Gasteiger partial charge is 0.0932 e. The van der Waals surface area contributed by atoms with Gasteiger partial charge in [-0.15, -0.1) is 23.5 Å². The molecule has 0 aliphatic rings. The number of hydrogen-bond acceptors (Lipinski definition) is 3. The van der Waals surface area contributed by atoms with Gasteiger partial charge in [0.2, 0.25) is 0 Å². The van der Waals surface area contributed by atoms with Crippen LogP contribution >= 0.6 is 23.5 Å². The highest BCUT2D eigenvalue weighted by Gasteiger charge is 1.91. The molecule has 0 N–H and O–H groups in total. The van der Waals surface area contributed by atoms with E-state index in [-0.39, 0.29) is 0 Å². The first kappa shape index (κ1) is 15.7. The molecule has 92 valence electrons. The molecular formula is C12H26OS2. The molecule has 0 aromatic heterocycles. The number of ether oxygens (including phenoxy) is 1. The first-order chi connectivity index (χ1) is 7.41. The van der Waals surface area contributed by atoms with Crippen LogP contribution in [0.15, 0.2) is 0 Å². The van der Waals surface area contributed by atoms with Crippen molar-refractivity contribution in [1.82, 2.24) is 0 Å². The molecule has 0 radical (unpaired) electrons. The molecule has 0 bridgehead atoms. The molecule has 0 aliphatic heterocycles. The molecule has 0 atom stereocenters. The Morgan fingerprint density at radius 1 is 0.733 bits per heavy atom. The van der Waals surface area contributed by atoms with E-state index in [1.807, 2.05) is 23.5 Å². The topological polar surface area (TPSA) is 9.23 Å². The maximum absolute atomic E-state index is 5.52. The standard InChI is InChI=1S/C12H26OS2/c1-3-5-7-9-14-11-13-12-15-10-8-6-4-2/h3-12H2,1-2H3. The van der Waals surface area contributed by atoms with E-state index >= 15 is 0 Å². The van der Waals surface area contributed by atoms with Crippen LogP contribution in [0.1, 0.15) is 52.4 Å². The van der Waals surface area contributed by atoms with Crippen LogP contribution in [-0.2, 0) is 4.74 Å². The fourth-order valence-corrected chi connectivity index (χ4v) is 2.74. The van der Waals surface area contributed by atoms with E-state index < -0.39 is 0 Å². The largest absolute Gasteiger partial charge is 0.360 e. The summed E-state index contributed by atoms with van der Waals surface area (Å²) in [6.45, 7) is 4.49. The first-order valence-electron chi connectivity index (χ1n) is 6.15. The molecule has 0 saturated heterocycles. The fourth-order valence-electron chi connectivity index (χ4n) is 1.18. The molecular weight excluding hydrogens is 224 g/mol. The van der Waals surface area contributed by atoms with E-state index in [9.17, 15) is 0 Å². The fraction of sp³-hybridized carbons (Fsp3) is 1.00. The Hall–Kier alpha value is 0.660. The monoisotopic (exact) mass is 250 g/mol. The molecule has 0 aliphatic carbocycles. The summed E-state index contributed by atoms with van der Waals surface area (Å²) in [5.74, 6) is 4.28. The van der Waals surface area contributed by atoms with Gasteiger partial charge in [-0.25, -0.2) is 0 Å². The van der Waals surface area contributed by atoms with Crippen LogP contribution < -0.4 is 0 Å². The third-order valence-corrected chi connectivity index (χ3v) is 3.94. The zero-order chi connectivity index (χ0) is 11.2. The van der Waals surface area contributed by atoms with Crippen LogP contribution in [0.5, 0.6) is 0 Å². The third kappa shape index (κ3) is 14.7. The minimum absolute atomic E-state index is 0.879. The summed E-state index contributed by atoms with van der Waals surface area (Å²) in [6, 6.07) is 0. The predicted octanol–water partition coefficient (Wildman–Crippen LogP) is 4.76. The summed E-state index contributed by atoms with van der Waals surface area (Å²) in [7, 11) is 0. The zero-order valence-corrected chi connectivity index (χ0v) is 11.9. The summed E-state index contributed by atoms with van der Waals surface area (Å²) in [5, 5.41) is 0. The van der Waals surface area contributed by atoms with E-state index in [2.05, 4.69) is 13.8 Å². The summed E-state index contributed by atoms with van der Waals surface area (Å²) >= 11 is 3.85. The Balaban J connectivity index is 2.81. The average Bonchev–Trinajstić information content (AvgIpc) is 2.26. The number of unbranched alkanes of at least 4 members (excludes halogenated alkanes) is 4. The second-order valence-corrected chi connectivity index (χ2v) is 5.77. The summed E-state index contributed by atoms with van der Waals surface area (Å²) in [5.41, 5.74) is 0. The van der Waals surface area contributed by atoms with Crippen molar-refractivity contribution in [2.75, 3.05) is 23.4 Å². The lowest BCUT2D eigenvalue weighted by Gasteiger charge is -2.03. The summed E-state index contributed by atoms with van der Waals surface area (Å²) < 4.78 is 5.52. The van der Waals surface area contributed by atoms with E-state index in [4.69, 9.17) is 4.74 Å². The third-order valence-electron chi connectivity index (χ3n) is 2.12. The maximum atomic E-state index is 5.52. The highest BCUT2D eigenvalue weighted by molar-refractivity contribution is 7.99. The molecule has 0 rings (SSSR count). The van der Waals surface area contributed by atoms with Crippen LogP contribution in [0, 0.1) is 0 Å². The Morgan fingerprint density at radius 3 is 1.60 bits per heavy atom. The summed E-state index contributed by atoms with van der Waals surface area (Å²) in [6.07, 6.45) is 8.03. The van der Waals surface area contributed by atoms with Gasteiger partial charge in [0, 0.05) is 0 Å². The molecule has 0 fully saturated rings. The Bertz CT molecular complexity index is 97.8. The molecule has 0 saturated carbocycles. The second-order valence-electron chi connectivity index (χ2n) is 3.67. The van der Waals surface area contributed by atoms with Gasteiger partial charge in [-0.1, -0.05) is 39.5 Å². The van der Waals surface area contributed by atoms with Gasteiger partial charge in [-0.05, 0) is 24.3 Å². The van der Waals surface area contributed by atoms with Crippen molar-refractivity contribution >= 4 is 23.5 Å². The quantitative estimate of drug-likeness (QED) is 0.365. The molecule has 0 aromatic rings. The van der Waals surface area contributed by atoms with Crippen LogP contribution in [0.3, 0.4) is 0 Å². The van der Waals surface area contributed by atoms with Crippen molar-refractivity contribution in [3.05, 3.63) is 0 Å². The first-order valence-corrected chi connectivity index (χ1v) is 8.46. The highest BCUT2D eigenvalue weighted by atomic mass is 32.2. The number of hydrogen-bond donors (Lipinski definition) is 0. The van der Waals surface area contributed by atoms with Crippen LogP contribution in [0.2, 0.25) is 0 Å². The lowest BCUT2D eigenvalue weighted by Crippen LogP contribution is -1.92. The Kier molecular flexibility index (Phi) is 15.3. The van der Waals surface area contributed by atoms with E-state index in [0.29, 0.717) is 0 Å². The second kappa shape index (κ2) is 14.7. The predicted molar refractivity (Wildman–Crippen MR) is 74.8 cm³/mol. The lowest BCUT2D eigenvalue weighted by atomic mass is 10.3. The van der Waals surface area contributed by atoms with Gasteiger partial charge < -0.3 is 4.74 Å². The molecule has 1 nitrogen and oxygen atoms in total. The van der Waals surface area contributed by atoms with Gasteiger partial charge in [-0.2, -0.15) is 0 Å². The Labute approximate surface area is 104 Å². The van der Waals surface area contributed by atoms with Crippen molar-refractivity contribution in [2.45, 2.75) is 52.4 Å². The van der Waals surface area contributed by atoms with Crippen LogP contribution in [-0.4, -0.2) is 23.4 Å². The van der Waals surface area contributed by atoms with Crippen molar-refractivity contribution in [3.8, 4) is 0 Å². The normalized spacial score (nSPS) is 10.8. The van der Waals surface area contributed by atoms with Crippen molar-refractivity contribution < 1.29 is 4.74 Å². The summed E-state index contributed by atoms with van der Waals surface area (Å²) in [4.78, 5) is 0. The molecule has 0 heterocycles. The molecule has 3 heteroatoms. The van der Waals surface area contributed by atoms with Gasteiger partial charge in [0.1, 0.15) is 0 Å². The van der Waals surface area contributed by atoms with Crippen LogP contribution in [0.4, 0.5) is 0 Å². The van der Waals surface area contributed by atoms with Gasteiger partial charge >= 0.3 is 0 Å². The number of thioether (sulfide) groups is 2. The molecule has 15 heavy (non-hydrogen) atoms. The van der Waals surface area contributed by atoms with Crippen molar-refractivity contribution in [1.29, 1.82) is 0 Å². The average molecular weight is 250 g/mol. The maximum Gasteiger partial charge on any atom is 0.0932 e. The molecule has 0 aromatic carbocycles. The zero-order valence-electron chi connectivity index (χ0n) is 10.3. The van der Waals surface area contributed by atoms with E-state index in [1.54, 1.807) is 0 Å². The van der Waals surface area contributed by atoms with Gasteiger partial charge in [0.15, 0.2) is 0 Å². The minimum Gasteiger partial charge on any atom is -0.360 e. The van der Waals surface area contributed by atoms with E-state index in [1.165, 1.54) is 50.0 Å². The van der Waals surface area contributed by atoms with Crippen molar-refractivity contribution in [2.24, 2.45) is 0 Å². The van der Waals surface area contributed by atoms with Crippen LogP contribution in [0.25, 0.3) is 0 Å².